The van der Waals surface area contributed by atoms with Gasteiger partial charge in [-0.15, -0.1) is 0 Å². The van der Waals surface area contributed by atoms with E-state index in [1.54, 1.807) is 7.11 Å². The maximum atomic E-state index is 7.18. The molecule has 0 radical (unpaired) electrons. The number of methoxy groups -OCH3 is 1. The third kappa shape index (κ3) is 4.31. The molecular weight excluding hydrogens is 204 g/mol. The molecule has 1 aromatic carbocycles. The predicted molar refractivity (Wildman–Crippen MR) is 64.0 cm³/mol. The van der Waals surface area contributed by atoms with E-state index in [-0.39, 0.29) is 11.9 Å². The second-order valence-corrected chi connectivity index (χ2v) is 3.73. The molecule has 0 saturated heterocycles. The molecule has 1 atom stereocenters. The van der Waals surface area contributed by atoms with Gasteiger partial charge in [-0.05, 0) is 24.6 Å². The smallest absolute Gasteiger partial charge is 0.119 e. The highest BCUT2D eigenvalue weighted by Crippen LogP contribution is 2.14. The average molecular weight is 222 g/mol. The van der Waals surface area contributed by atoms with Crippen LogP contribution < -0.4 is 10.5 Å². The van der Waals surface area contributed by atoms with Gasteiger partial charge in [0.25, 0.3) is 0 Å². The molecule has 1 rings (SSSR count). The third-order valence-electron chi connectivity index (χ3n) is 2.06. The maximum Gasteiger partial charge on any atom is 0.119 e. The molecule has 4 heteroatoms. The van der Waals surface area contributed by atoms with Gasteiger partial charge in [0, 0.05) is 13.5 Å². The van der Waals surface area contributed by atoms with Crippen molar-refractivity contribution in [2.24, 2.45) is 5.73 Å². The van der Waals surface area contributed by atoms with Crippen LogP contribution in [-0.4, -0.2) is 25.7 Å². The summed E-state index contributed by atoms with van der Waals surface area (Å²) in [5.74, 6) is 0.971. The van der Waals surface area contributed by atoms with E-state index in [1.165, 1.54) is 0 Å². The van der Waals surface area contributed by atoms with Gasteiger partial charge in [0.05, 0.1) is 12.4 Å². The molecule has 0 aliphatic rings. The molecule has 0 bridgehead atoms. The van der Waals surface area contributed by atoms with Crippen LogP contribution in [0.25, 0.3) is 0 Å². The molecule has 3 N–H and O–H groups in total. The predicted octanol–water partition coefficient (Wildman–Crippen LogP) is 1.58. The molecule has 0 spiro atoms. The number of nitrogens with one attached hydrogen (secondary N) is 1. The van der Waals surface area contributed by atoms with Crippen molar-refractivity contribution in [3.8, 4) is 5.75 Å². The molecule has 4 nitrogen and oxygen atoms in total. The molecule has 1 aromatic rings. The van der Waals surface area contributed by atoms with Gasteiger partial charge in [-0.1, -0.05) is 12.1 Å². The largest absolute Gasteiger partial charge is 0.488 e. The van der Waals surface area contributed by atoms with E-state index < -0.39 is 0 Å². The number of nitrogens with two attached hydrogens (primary N) is 1. The van der Waals surface area contributed by atoms with E-state index in [0.717, 1.165) is 11.3 Å². The zero-order valence-electron chi connectivity index (χ0n) is 9.69. The summed E-state index contributed by atoms with van der Waals surface area (Å²) < 4.78 is 10.6. The van der Waals surface area contributed by atoms with Crippen molar-refractivity contribution in [3.05, 3.63) is 29.8 Å². The normalized spacial score (nSPS) is 12.1. The Morgan fingerprint density at radius 3 is 2.50 bits per heavy atom. The van der Waals surface area contributed by atoms with Crippen LogP contribution in [0.1, 0.15) is 12.5 Å². The van der Waals surface area contributed by atoms with Crippen molar-refractivity contribution in [3.63, 3.8) is 0 Å². The first-order chi connectivity index (χ1) is 7.61. The van der Waals surface area contributed by atoms with Gasteiger partial charge < -0.3 is 15.2 Å². The van der Waals surface area contributed by atoms with Crippen molar-refractivity contribution in [2.75, 3.05) is 13.7 Å². The lowest BCUT2D eigenvalue weighted by molar-refractivity contribution is 0.0921. The summed E-state index contributed by atoms with van der Waals surface area (Å²) in [6.07, 6.45) is 0.511. The summed E-state index contributed by atoms with van der Waals surface area (Å²) >= 11 is 0. The summed E-state index contributed by atoms with van der Waals surface area (Å²) in [5.41, 5.74) is 6.33. The Morgan fingerprint density at radius 2 is 2.00 bits per heavy atom. The summed E-state index contributed by atoms with van der Waals surface area (Å²) in [5, 5.41) is 7.18. The van der Waals surface area contributed by atoms with Gasteiger partial charge in [-0.3, -0.25) is 5.41 Å². The SMILES string of the molecule is COCC(C)Oc1ccc(CC(=N)N)cc1. The molecule has 0 saturated carbocycles. The molecule has 0 fully saturated rings. The van der Waals surface area contributed by atoms with Gasteiger partial charge in [-0.25, -0.2) is 0 Å². The second-order valence-electron chi connectivity index (χ2n) is 3.73. The highest BCUT2D eigenvalue weighted by molar-refractivity contribution is 5.79. The van der Waals surface area contributed by atoms with Crippen LogP contribution in [0, 0.1) is 5.41 Å². The summed E-state index contributed by atoms with van der Waals surface area (Å²) in [7, 11) is 1.65. The van der Waals surface area contributed by atoms with E-state index >= 15 is 0 Å². The van der Waals surface area contributed by atoms with E-state index in [9.17, 15) is 0 Å². The number of benzene rings is 1. The first-order valence-electron chi connectivity index (χ1n) is 5.19. The summed E-state index contributed by atoms with van der Waals surface area (Å²) in [6.45, 7) is 2.52. The van der Waals surface area contributed by atoms with Crippen LogP contribution >= 0.6 is 0 Å². The lowest BCUT2D eigenvalue weighted by Gasteiger charge is -2.13. The lowest BCUT2D eigenvalue weighted by Crippen LogP contribution is -2.18. The van der Waals surface area contributed by atoms with Crippen LogP contribution in [0.4, 0.5) is 0 Å². The van der Waals surface area contributed by atoms with Crippen molar-refractivity contribution < 1.29 is 9.47 Å². The van der Waals surface area contributed by atoms with Gasteiger partial charge >= 0.3 is 0 Å². The Kier molecular flexibility index (Phi) is 4.79. The lowest BCUT2D eigenvalue weighted by atomic mass is 10.1. The Morgan fingerprint density at radius 1 is 1.38 bits per heavy atom. The minimum Gasteiger partial charge on any atom is -0.488 e. The Bertz CT molecular complexity index is 335. The topological polar surface area (TPSA) is 68.3 Å². The molecule has 0 aliphatic carbocycles. The average Bonchev–Trinajstić information content (AvgIpc) is 2.20. The first kappa shape index (κ1) is 12.5. The molecule has 0 amide bonds. The summed E-state index contributed by atoms with van der Waals surface area (Å²) in [6, 6.07) is 7.58. The standard InChI is InChI=1S/C12H18N2O2/c1-9(8-15-2)16-11-5-3-10(4-6-11)7-12(13)14/h3-6,9H,7-8H2,1-2H3,(H3,13,14). The fourth-order valence-corrected chi connectivity index (χ4v) is 1.41. The third-order valence-corrected chi connectivity index (χ3v) is 2.06. The molecule has 0 aromatic heterocycles. The van der Waals surface area contributed by atoms with Gasteiger partial charge in [0.1, 0.15) is 11.9 Å². The Hall–Kier alpha value is -1.55. The van der Waals surface area contributed by atoms with Crippen molar-refractivity contribution in [1.29, 1.82) is 5.41 Å². The van der Waals surface area contributed by atoms with Crippen LogP contribution in [0.2, 0.25) is 0 Å². The van der Waals surface area contributed by atoms with E-state index in [2.05, 4.69) is 0 Å². The van der Waals surface area contributed by atoms with E-state index in [4.69, 9.17) is 20.6 Å². The zero-order valence-corrected chi connectivity index (χ0v) is 9.69. The minimum atomic E-state index is 0.0312. The van der Waals surface area contributed by atoms with Crippen molar-refractivity contribution in [2.45, 2.75) is 19.4 Å². The highest BCUT2D eigenvalue weighted by Gasteiger charge is 2.03. The van der Waals surface area contributed by atoms with E-state index in [1.807, 2.05) is 31.2 Å². The highest BCUT2D eigenvalue weighted by atomic mass is 16.5. The van der Waals surface area contributed by atoms with Gasteiger partial charge in [0.15, 0.2) is 0 Å². The molecule has 0 aliphatic heterocycles. The van der Waals surface area contributed by atoms with Crippen molar-refractivity contribution >= 4 is 5.84 Å². The maximum absolute atomic E-state index is 7.18. The Balaban J connectivity index is 2.54. The fraction of sp³-hybridized carbons (Fsp3) is 0.417. The van der Waals surface area contributed by atoms with Gasteiger partial charge in [-0.2, -0.15) is 0 Å². The van der Waals surface area contributed by atoms with E-state index in [0.29, 0.717) is 13.0 Å². The first-order valence-corrected chi connectivity index (χ1v) is 5.19. The van der Waals surface area contributed by atoms with Crippen molar-refractivity contribution in [1.82, 2.24) is 0 Å². The van der Waals surface area contributed by atoms with Crippen LogP contribution in [0.5, 0.6) is 5.75 Å². The number of ether oxygens (including phenoxy) is 2. The monoisotopic (exact) mass is 222 g/mol. The Labute approximate surface area is 95.9 Å². The second kappa shape index (κ2) is 6.12. The quantitative estimate of drug-likeness (QED) is 0.567. The van der Waals surface area contributed by atoms with Crippen LogP contribution in [0.3, 0.4) is 0 Å². The molecule has 0 heterocycles. The number of amidine groups is 1. The minimum absolute atomic E-state index is 0.0312. The van der Waals surface area contributed by atoms with Gasteiger partial charge in [0.2, 0.25) is 0 Å². The fourth-order valence-electron chi connectivity index (χ4n) is 1.41. The molecule has 88 valence electrons. The zero-order chi connectivity index (χ0) is 12.0. The van der Waals surface area contributed by atoms with Crippen LogP contribution in [0.15, 0.2) is 24.3 Å². The molecule has 16 heavy (non-hydrogen) atoms. The molecule has 1 unspecified atom stereocenters. The molecular formula is C12H18N2O2. The van der Waals surface area contributed by atoms with Crippen LogP contribution in [-0.2, 0) is 11.2 Å². The number of hydrogen-bond donors (Lipinski definition) is 2. The number of hydrogen-bond acceptors (Lipinski definition) is 3. The number of rotatable bonds is 6. The summed E-state index contributed by atoms with van der Waals surface area (Å²) in [4.78, 5) is 0.